The first-order valence-corrected chi connectivity index (χ1v) is 9.89. The monoisotopic (exact) mass is 410 g/mol. The minimum absolute atomic E-state index is 0.107. The molecule has 1 aromatic heterocycles. The van der Waals surface area contributed by atoms with Gasteiger partial charge in [-0.05, 0) is 32.9 Å². The second-order valence-corrected chi connectivity index (χ2v) is 7.89. The van der Waals surface area contributed by atoms with Crippen LogP contribution in [0.4, 0.5) is 4.79 Å². The molecule has 1 aromatic rings. The summed E-state index contributed by atoms with van der Waals surface area (Å²) in [4.78, 5) is 18.6. The fourth-order valence-corrected chi connectivity index (χ4v) is 2.96. The van der Waals surface area contributed by atoms with E-state index in [4.69, 9.17) is 18.6 Å². The van der Waals surface area contributed by atoms with E-state index in [0.29, 0.717) is 38.7 Å². The van der Waals surface area contributed by atoms with Crippen LogP contribution >= 0.6 is 0 Å². The van der Waals surface area contributed by atoms with Crippen LogP contribution < -0.4 is 10.6 Å². The average molecular weight is 411 g/mol. The molecule has 0 spiro atoms. The van der Waals surface area contributed by atoms with Crippen molar-refractivity contribution >= 4 is 12.1 Å². The molecule has 0 aliphatic carbocycles. The van der Waals surface area contributed by atoms with Crippen molar-refractivity contribution in [1.29, 1.82) is 0 Å². The van der Waals surface area contributed by atoms with E-state index in [2.05, 4.69) is 15.6 Å². The Hall–Kier alpha value is -2.26. The first-order valence-electron chi connectivity index (χ1n) is 9.89. The van der Waals surface area contributed by atoms with Crippen LogP contribution in [0.15, 0.2) is 27.8 Å². The number of hydrogen-bond acceptors (Lipinski definition) is 6. The molecule has 2 heterocycles. The van der Waals surface area contributed by atoms with E-state index in [0.717, 1.165) is 12.2 Å². The lowest BCUT2D eigenvalue weighted by Crippen LogP contribution is -2.49. The van der Waals surface area contributed by atoms with Gasteiger partial charge in [0.2, 0.25) is 0 Å². The number of ether oxygens (including phenoxy) is 3. The summed E-state index contributed by atoms with van der Waals surface area (Å²) in [5.41, 5.74) is -0.536. The number of carbonyl (C=O) groups is 1. The summed E-state index contributed by atoms with van der Waals surface area (Å²) in [5, 5.41) is 6.69. The van der Waals surface area contributed by atoms with E-state index >= 15 is 0 Å². The number of nitrogens with one attached hydrogen (secondary N) is 2. The molecule has 1 aliphatic rings. The van der Waals surface area contributed by atoms with Gasteiger partial charge in [-0.25, -0.2) is 4.79 Å². The topological polar surface area (TPSA) is 97.6 Å². The van der Waals surface area contributed by atoms with Gasteiger partial charge in [0.25, 0.3) is 0 Å². The van der Waals surface area contributed by atoms with E-state index < -0.39 is 5.60 Å². The maximum Gasteiger partial charge on any atom is 0.410 e. The number of aliphatic imine (C=N–C) groups is 1. The number of guanidine groups is 1. The van der Waals surface area contributed by atoms with Crippen LogP contribution in [0.5, 0.6) is 0 Å². The van der Waals surface area contributed by atoms with E-state index in [1.807, 2.05) is 32.9 Å². The van der Waals surface area contributed by atoms with Crippen LogP contribution in [0.1, 0.15) is 26.5 Å². The molecule has 164 valence electrons. The SMILES string of the molecule is COCCN=C(NCCc1ccco1)NC1CN(C(=O)OC(C)(C)C)C[C@@H]1OC. The van der Waals surface area contributed by atoms with E-state index in [1.54, 1.807) is 25.4 Å². The van der Waals surface area contributed by atoms with Crippen molar-refractivity contribution in [2.45, 2.75) is 44.9 Å². The molecule has 1 aliphatic heterocycles. The molecule has 0 radical (unpaired) electrons. The molecular formula is C20H34N4O5. The maximum atomic E-state index is 12.4. The molecule has 9 heteroatoms. The van der Waals surface area contributed by atoms with Gasteiger partial charge in [0.15, 0.2) is 5.96 Å². The molecule has 2 atom stereocenters. The lowest BCUT2D eigenvalue weighted by molar-refractivity contribution is 0.0252. The van der Waals surface area contributed by atoms with Crippen LogP contribution in [0.3, 0.4) is 0 Å². The summed E-state index contributed by atoms with van der Waals surface area (Å²) in [6, 6.07) is 3.70. The van der Waals surface area contributed by atoms with Gasteiger partial charge in [0.1, 0.15) is 11.4 Å². The fraction of sp³-hybridized carbons (Fsp3) is 0.700. The number of nitrogens with zero attached hydrogens (tertiary/aromatic N) is 2. The Morgan fingerprint density at radius 1 is 1.34 bits per heavy atom. The summed E-state index contributed by atoms with van der Waals surface area (Å²) in [6.07, 6.45) is 1.89. The van der Waals surface area contributed by atoms with Crippen molar-refractivity contribution in [2.75, 3.05) is 47.0 Å². The second-order valence-electron chi connectivity index (χ2n) is 7.89. The van der Waals surface area contributed by atoms with Crippen molar-refractivity contribution in [1.82, 2.24) is 15.5 Å². The molecule has 0 aromatic carbocycles. The highest BCUT2D eigenvalue weighted by Crippen LogP contribution is 2.17. The smallest absolute Gasteiger partial charge is 0.410 e. The van der Waals surface area contributed by atoms with Crippen molar-refractivity contribution in [2.24, 2.45) is 4.99 Å². The van der Waals surface area contributed by atoms with Crippen LogP contribution in [-0.4, -0.2) is 81.7 Å². The average Bonchev–Trinajstić information content (AvgIpc) is 3.30. The summed E-state index contributed by atoms with van der Waals surface area (Å²) in [5.74, 6) is 1.55. The lowest BCUT2D eigenvalue weighted by Gasteiger charge is -2.24. The van der Waals surface area contributed by atoms with E-state index in [1.165, 1.54) is 0 Å². The predicted molar refractivity (Wildman–Crippen MR) is 110 cm³/mol. The van der Waals surface area contributed by atoms with Gasteiger partial charge in [-0.15, -0.1) is 0 Å². The lowest BCUT2D eigenvalue weighted by atomic mass is 10.2. The molecule has 2 N–H and O–H groups in total. The quantitative estimate of drug-likeness (QED) is 0.382. The maximum absolute atomic E-state index is 12.4. The van der Waals surface area contributed by atoms with Gasteiger partial charge in [-0.3, -0.25) is 4.99 Å². The van der Waals surface area contributed by atoms with Crippen molar-refractivity contribution in [3.8, 4) is 0 Å². The second kappa shape index (κ2) is 11.1. The molecule has 2 rings (SSSR count). The fourth-order valence-electron chi connectivity index (χ4n) is 2.96. The third-order valence-corrected chi connectivity index (χ3v) is 4.35. The first kappa shape index (κ1) is 23.0. The Morgan fingerprint density at radius 2 is 2.14 bits per heavy atom. The normalized spacial score (nSPS) is 20.0. The standard InChI is InChI=1S/C20H34N4O5/c1-20(2,3)29-19(25)24-13-16(17(14-24)27-5)23-18(22-10-12-26-4)21-9-8-15-7-6-11-28-15/h6-7,11,16-17H,8-10,12-14H2,1-5H3,(H2,21,22,23)/t16?,17-/m0/s1. The minimum Gasteiger partial charge on any atom is -0.469 e. The molecule has 0 bridgehead atoms. The molecule has 9 nitrogen and oxygen atoms in total. The van der Waals surface area contributed by atoms with Crippen LogP contribution in [-0.2, 0) is 20.6 Å². The van der Waals surface area contributed by atoms with Gasteiger partial charge in [-0.1, -0.05) is 0 Å². The molecule has 1 fully saturated rings. The highest BCUT2D eigenvalue weighted by atomic mass is 16.6. The highest BCUT2D eigenvalue weighted by Gasteiger charge is 2.37. The molecular weight excluding hydrogens is 376 g/mol. The number of amides is 1. The molecule has 29 heavy (non-hydrogen) atoms. The molecule has 0 saturated carbocycles. The van der Waals surface area contributed by atoms with Gasteiger partial charge < -0.3 is 34.2 Å². The zero-order chi connectivity index (χ0) is 21.3. The van der Waals surface area contributed by atoms with Crippen LogP contribution in [0.25, 0.3) is 0 Å². The van der Waals surface area contributed by atoms with Gasteiger partial charge in [-0.2, -0.15) is 0 Å². The zero-order valence-corrected chi connectivity index (χ0v) is 18.1. The first-order chi connectivity index (χ1) is 13.8. The Bertz CT molecular complexity index is 642. The van der Waals surface area contributed by atoms with E-state index in [9.17, 15) is 4.79 Å². The number of methoxy groups -OCH3 is 2. The summed E-state index contributed by atoms with van der Waals surface area (Å²) in [7, 11) is 3.29. The van der Waals surface area contributed by atoms with Crippen LogP contribution in [0, 0.1) is 0 Å². The van der Waals surface area contributed by atoms with Crippen molar-refractivity contribution in [3.63, 3.8) is 0 Å². The highest BCUT2D eigenvalue weighted by molar-refractivity contribution is 5.80. The Labute approximate surface area is 172 Å². The van der Waals surface area contributed by atoms with E-state index in [-0.39, 0.29) is 18.2 Å². The Kier molecular flexibility index (Phi) is 8.78. The van der Waals surface area contributed by atoms with Gasteiger partial charge >= 0.3 is 6.09 Å². The molecule has 1 unspecified atom stereocenters. The third kappa shape index (κ3) is 7.94. The predicted octanol–water partition coefficient (Wildman–Crippen LogP) is 1.64. The van der Waals surface area contributed by atoms with Crippen molar-refractivity contribution < 1.29 is 23.4 Å². The largest absolute Gasteiger partial charge is 0.469 e. The molecule has 1 saturated heterocycles. The van der Waals surface area contributed by atoms with Gasteiger partial charge in [0, 0.05) is 33.7 Å². The zero-order valence-electron chi connectivity index (χ0n) is 18.1. The Balaban J connectivity index is 1.95. The summed E-state index contributed by atoms with van der Waals surface area (Å²) < 4.78 is 21.5. The number of rotatable bonds is 8. The van der Waals surface area contributed by atoms with Crippen LogP contribution in [0.2, 0.25) is 0 Å². The summed E-state index contributed by atoms with van der Waals surface area (Å²) in [6.45, 7) is 8.19. The Morgan fingerprint density at radius 3 is 2.76 bits per heavy atom. The van der Waals surface area contributed by atoms with Crippen molar-refractivity contribution in [3.05, 3.63) is 24.2 Å². The molecule has 1 amide bonds. The third-order valence-electron chi connectivity index (χ3n) is 4.35. The number of likely N-dealkylation sites (tertiary alicyclic amines) is 1. The summed E-state index contributed by atoms with van der Waals surface area (Å²) >= 11 is 0. The number of furan rings is 1. The minimum atomic E-state index is -0.536. The van der Waals surface area contributed by atoms with Gasteiger partial charge in [0.05, 0.1) is 38.1 Å². The number of hydrogen-bond donors (Lipinski definition) is 2. The number of carbonyl (C=O) groups excluding carboxylic acids is 1.